The summed E-state index contributed by atoms with van der Waals surface area (Å²) in [5.41, 5.74) is 2.74. The smallest absolute Gasteiger partial charge is 0.319 e. The van der Waals surface area contributed by atoms with Gasteiger partial charge in [0.1, 0.15) is 0 Å². The summed E-state index contributed by atoms with van der Waals surface area (Å²) in [6, 6.07) is 13.5. The second-order valence-electron chi connectivity index (χ2n) is 6.31. The number of carbonyl (C=O) groups excluding carboxylic acids is 3. The van der Waals surface area contributed by atoms with Crippen molar-refractivity contribution in [2.24, 2.45) is 5.92 Å². The maximum atomic E-state index is 12.0. The first-order valence-corrected chi connectivity index (χ1v) is 8.66. The van der Waals surface area contributed by atoms with Crippen LogP contribution in [0.5, 0.6) is 0 Å². The van der Waals surface area contributed by atoms with Crippen molar-refractivity contribution in [1.29, 1.82) is 0 Å². The summed E-state index contributed by atoms with van der Waals surface area (Å²) in [4.78, 5) is 35.2. The van der Waals surface area contributed by atoms with Crippen LogP contribution in [0.3, 0.4) is 0 Å². The Morgan fingerprint density at radius 3 is 1.93 bits per heavy atom. The molecule has 0 saturated heterocycles. The second-order valence-corrected chi connectivity index (χ2v) is 6.31. The third-order valence-corrected chi connectivity index (χ3v) is 3.83. The van der Waals surface area contributed by atoms with Crippen molar-refractivity contribution in [2.75, 3.05) is 17.7 Å². The molecular weight excluding hydrogens is 344 g/mol. The summed E-state index contributed by atoms with van der Waals surface area (Å²) >= 11 is 0. The van der Waals surface area contributed by atoms with Gasteiger partial charge in [-0.05, 0) is 42.0 Å². The van der Waals surface area contributed by atoms with Gasteiger partial charge in [0.05, 0.1) is 0 Å². The Morgan fingerprint density at radius 2 is 1.41 bits per heavy atom. The molecule has 7 nitrogen and oxygen atoms in total. The maximum Gasteiger partial charge on any atom is 0.319 e. The minimum absolute atomic E-state index is 0.0594. The molecule has 0 spiro atoms. The van der Waals surface area contributed by atoms with E-state index in [4.69, 9.17) is 0 Å². The fourth-order valence-corrected chi connectivity index (χ4v) is 2.20. The normalized spacial score (nSPS) is 10.2. The van der Waals surface area contributed by atoms with Crippen LogP contribution in [0.2, 0.25) is 0 Å². The van der Waals surface area contributed by atoms with Gasteiger partial charge in [0.15, 0.2) is 0 Å². The molecule has 2 aromatic rings. The van der Waals surface area contributed by atoms with E-state index in [1.165, 1.54) is 0 Å². The van der Waals surface area contributed by atoms with E-state index in [0.29, 0.717) is 23.5 Å². The average Bonchev–Trinajstić information content (AvgIpc) is 2.67. The highest BCUT2D eigenvalue weighted by Gasteiger charge is 2.08. The average molecular weight is 368 g/mol. The van der Waals surface area contributed by atoms with Crippen LogP contribution < -0.4 is 21.3 Å². The lowest BCUT2D eigenvalue weighted by Gasteiger charge is -2.10. The van der Waals surface area contributed by atoms with Gasteiger partial charge in [0.2, 0.25) is 5.91 Å². The first-order chi connectivity index (χ1) is 12.9. The SMILES string of the molecule is CNC(=O)c1ccc(CNC(=O)Nc2ccc(NC(=O)C(C)C)cc2)cc1. The van der Waals surface area contributed by atoms with E-state index in [1.54, 1.807) is 55.6 Å². The zero-order valence-corrected chi connectivity index (χ0v) is 15.6. The van der Waals surface area contributed by atoms with Gasteiger partial charge < -0.3 is 21.3 Å². The molecule has 0 saturated carbocycles. The van der Waals surface area contributed by atoms with Crippen LogP contribution in [-0.4, -0.2) is 24.9 Å². The summed E-state index contributed by atoms with van der Waals surface area (Å²) in [5, 5.41) is 10.8. The van der Waals surface area contributed by atoms with E-state index < -0.39 is 0 Å². The van der Waals surface area contributed by atoms with E-state index >= 15 is 0 Å². The molecule has 4 N–H and O–H groups in total. The summed E-state index contributed by atoms with van der Waals surface area (Å²) in [7, 11) is 1.58. The summed E-state index contributed by atoms with van der Waals surface area (Å²) in [6.07, 6.45) is 0. The first kappa shape index (κ1) is 20.0. The van der Waals surface area contributed by atoms with Crippen molar-refractivity contribution < 1.29 is 14.4 Å². The Bertz CT molecular complexity index is 799. The number of nitrogens with one attached hydrogen (secondary N) is 4. The van der Waals surface area contributed by atoms with Gasteiger partial charge in [0, 0.05) is 36.4 Å². The predicted molar refractivity (Wildman–Crippen MR) is 106 cm³/mol. The molecule has 142 valence electrons. The largest absolute Gasteiger partial charge is 0.355 e. The van der Waals surface area contributed by atoms with E-state index in [1.807, 2.05) is 13.8 Å². The molecule has 0 bridgehead atoms. The Morgan fingerprint density at radius 1 is 0.852 bits per heavy atom. The van der Waals surface area contributed by atoms with Crippen molar-refractivity contribution in [3.63, 3.8) is 0 Å². The molecular formula is C20H24N4O3. The third-order valence-electron chi connectivity index (χ3n) is 3.83. The summed E-state index contributed by atoms with van der Waals surface area (Å²) in [6.45, 7) is 3.98. The highest BCUT2D eigenvalue weighted by molar-refractivity contribution is 5.94. The number of anilines is 2. The molecule has 0 aliphatic carbocycles. The van der Waals surface area contributed by atoms with E-state index in [2.05, 4.69) is 21.3 Å². The van der Waals surface area contributed by atoms with Gasteiger partial charge in [0.25, 0.3) is 5.91 Å². The van der Waals surface area contributed by atoms with E-state index in [-0.39, 0.29) is 23.8 Å². The van der Waals surface area contributed by atoms with Crippen LogP contribution in [0.25, 0.3) is 0 Å². The van der Waals surface area contributed by atoms with Crippen molar-refractivity contribution in [1.82, 2.24) is 10.6 Å². The minimum atomic E-state index is -0.343. The molecule has 0 radical (unpaired) electrons. The van der Waals surface area contributed by atoms with Crippen LogP contribution in [0, 0.1) is 5.92 Å². The number of carbonyl (C=O) groups is 3. The molecule has 7 heteroatoms. The van der Waals surface area contributed by atoms with Gasteiger partial charge in [-0.1, -0.05) is 26.0 Å². The number of urea groups is 1. The van der Waals surface area contributed by atoms with Crippen molar-refractivity contribution >= 4 is 29.2 Å². The van der Waals surface area contributed by atoms with Crippen molar-refractivity contribution in [3.8, 4) is 0 Å². The monoisotopic (exact) mass is 368 g/mol. The van der Waals surface area contributed by atoms with Crippen molar-refractivity contribution in [3.05, 3.63) is 59.7 Å². The van der Waals surface area contributed by atoms with Crippen LogP contribution in [0.1, 0.15) is 29.8 Å². The second kappa shape index (κ2) is 9.38. The summed E-state index contributed by atoms with van der Waals surface area (Å²) in [5.74, 6) is -0.310. The number of hydrogen-bond donors (Lipinski definition) is 4. The van der Waals surface area contributed by atoms with Gasteiger partial charge in [-0.15, -0.1) is 0 Å². The molecule has 0 unspecified atom stereocenters. The third kappa shape index (κ3) is 6.14. The molecule has 0 heterocycles. The first-order valence-electron chi connectivity index (χ1n) is 8.66. The van der Waals surface area contributed by atoms with Gasteiger partial charge >= 0.3 is 6.03 Å². The molecule has 2 rings (SSSR count). The highest BCUT2D eigenvalue weighted by Crippen LogP contribution is 2.14. The van der Waals surface area contributed by atoms with Gasteiger partial charge in [-0.2, -0.15) is 0 Å². The van der Waals surface area contributed by atoms with Crippen LogP contribution in [0.15, 0.2) is 48.5 Å². The van der Waals surface area contributed by atoms with E-state index in [0.717, 1.165) is 5.56 Å². The van der Waals surface area contributed by atoms with Gasteiger partial charge in [-0.25, -0.2) is 4.79 Å². The minimum Gasteiger partial charge on any atom is -0.355 e. The lowest BCUT2D eigenvalue weighted by Crippen LogP contribution is -2.28. The molecule has 2 aromatic carbocycles. The Labute approximate surface area is 158 Å². The quantitative estimate of drug-likeness (QED) is 0.631. The van der Waals surface area contributed by atoms with Crippen LogP contribution in [-0.2, 0) is 11.3 Å². The molecule has 0 aliphatic rings. The number of amides is 4. The predicted octanol–water partition coefficient (Wildman–Crippen LogP) is 2.96. The fourth-order valence-electron chi connectivity index (χ4n) is 2.20. The fraction of sp³-hybridized carbons (Fsp3) is 0.250. The zero-order chi connectivity index (χ0) is 19.8. The highest BCUT2D eigenvalue weighted by atomic mass is 16.2. The number of rotatable bonds is 6. The van der Waals surface area contributed by atoms with Crippen LogP contribution >= 0.6 is 0 Å². The maximum absolute atomic E-state index is 12.0. The Kier molecular flexibility index (Phi) is 6.93. The summed E-state index contributed by atoms with van der Waals surface area (Å²) < 4.78 is 0. The Hall–Kier alpha value is -3.35. The zero-order valence-electron chi connectivity index (χ0n) is 15.6. The van der Waals surface area contributed by atoms with E-state index in [9.17, 15) is 14.4 Å². The lowest BCUT2D eigenvalue weighted by molar-refractivity contribution is -0.118. The lowest BCUT2D eigenvalue weighted by atomic mass is 10.1. The van der Waals surface area contributed by atoms with Gasteiger partial charge in [-0.3, -0.25) is 9.59 Å². The molecule has 0 aromatic heterocycles. The Balaban J connectivity index is 1.83. The number of hydrogen-bond acceptors (Lipinski definition) is 3. The molecule has 27 heavy (non-hydrogen) atoms. The molecule has 0 aliphatic heterocycles. The standard InChI is InChI=1S/C20H24N4O3/c1-13(2)18(25)23-16-8-10-17(11-9-16)24-20(27)22-12-14-4-6-15(7-5-14)19(26)21-3/h4-11,13H,12H2,1-3H3,(H,21,26)(H,23,25)(H2,22,24,27). The van der Waals surface area contributed by atoms with Crippen LogP contribution in [0.4, 0.5) is 16.2 Å². The number of benzene rings is 2. The topological polar surface area (TPSA) is 99.3 Å². The molecule has 0 fully saturated rings. The molecule has 4 amide bonds. The van der Waals surface area contributed by atoms with Crippen molar-refractivity contribution in [2.45, 2.75) is 20.4 Å². The molecule has 0 atom stereocenters.